The summed E-state index contributed by atoms with van der Waals surface area (Å²) in [5.74, 6) is 0.639. The van der Waals surface area contributed by atoms with E-state index >= 15 is 0 Å². The van der Waals surface area contributed by atoms with Crippen LogP contribution in [0.5, 0.6) is 0 Å². The van der Waals surface area contributed by atoms with E-state index < -0.39 is 10.9 Å². The van der Waals surface area contributed by atoms with E-state index in [1.807, 2.05) is 37.3 Å². The van der Waals surface area contributed by atoms with Gasteiger partial charge in [-0.3, -0.25) is 10.3 Å². The lowest BCUT2D eigenvalue weighted by molar-refractivity contribution is 0.252. The van der Waals surface area contributed by atoms with Crippen molar-refractivity contribution < 1.29 is 13.2 Å². The van der Waals surface area contributed by atoms with E-state index in [1.165, 1.54) is 11.3 Å². The SMILES string of the molecule is CCNC(=O)Nc1nc2cc(-c3cnc(CCCN[SH](=O)=O)nc3)cc(-c3ccccn3)c2s1. The van der Waals surface area contributed by atoms with Gasteiger partial charge in [-0.25, -0.2) is 32.9 Å². The predicted molar refractivity (Wildman–Crippen MR) is 133 cm³/mol. The maximum Gasteiger partial charge on any atom is 0.321 e. The molecule has 0 aliphatic carbocycles. The summed E-state index contributed by atoms with van der Waals surface area (Å²) in [7, 11) is -2.59. The number of nitrogens with one attached hydrogen (secondary N) is 3. The van der Waals surface area contributed by atoms with Crippen molar-refractivity contribution in [2.45, 2.75) is 19.8 Å². The second-order valence-electron chi connectivity index (χ2n) is 7.25. The van der Waals surface area contributed by atoms with Gasteiger partial charge in [-0.15, -0.1) is 0 Å². The number of hydrogen-bond donors (Lipinski definition) is 4. The summed E-state index contributed by atoms with van der Waals surface area (Å²) in [4.78, 5) is 29.9. The average Bonchev–Trinajstić information content (AvgIpc) is 3.24. The molecule has 0 fully saturated rings. The van der Waals surface area contributed by atoms with E-state index in [0.717, 1.165) is 32.6 Å². The summed E-state index contributed by atoms with van der Waals surface area (Å²) in [5.41, 5.74) is 4.12. The normalized spacial score (nSPS) is 11.1. The Morgan fingerprint density at radius 1 is 1.09 bits per heavy atom. The van der Waals surface area contributed by atoms with Crippen LogP contribution < -0.4 is 15.4 Å². The molecule has 4 rings (SSSR count). The third-order valence-corrected chi connectivity index (χ3v) is 6.35. The number of anilines is 1. The first-order chi connectivity index (χ1) is 16.5. The number of thiol groups is 1. The Kier molecular flexibility index (Phi) is 7.72. The van der Waals surface area contributed by atoms with Crippen molar-refractivity contribution in [2.24, 2.45) is 0 Å². The Bertz CT molecular complexity index is 1350. The summed E-state index contributed by atoms with van der Waals surface area (Å²) < 4.78 is 24.4. The molecule has 3 N–H and O–H groups in total. The molecule has 0 spiro atoms. The highest BCUT2D eigenvalue weighted by molar-refractivity contribution is 7.70. The summed E-state index contributed by atoms with van der Waals surface area (Å²) in [6.45, 7) is 2.72. The molecule has 10 nitrogen and oxygen atoms in total. The monoisotopic (exact) mass is 497 g/mol. The van der Waals surface area contributed by atoms with E-state index in [1.54, 1.807) is 18.6 Å². The van der Waals surface area contributed by atoms with Crippen LogP contribution in [0.1, 0.15) is 19.2 Å². The molecule has 0 aliphatic rings. The highest BCUT2D eigenvalue weighted by Gasteiger charge is 2.15. The molecule has 4 aromatic rings. The number of carbonyl (C=O) groups is 1. The topological polar surface area (TPSA) is 139 Å². The lowest BCUT2D eigenvalue weighted by Gasteiger charge is -2.07. The van der Waals surface area contributed by atoms with Crippen LogP contribution in [0.3, 0.4) is 0 Å². The van der Waals surface area contributed by atoms with Crippen molar-refractivity contribution >= 4 is 43.6 Å². The quantitative estimate of drug-likeness (QED) is 0.206. The third kappa shape index (κ3) is 5.90. The molecule has 0 radical (unpaired) electrons. The summed E-state index contributed by atoms with van der Waals surface area (Å²) >= 11 is 1.39. The summed E-state index contributed by atoms with van der Waals surface area (Å²) in [6.07, 6.45) is 6.40. The first-order valence-electron chi connectivity index (χ1n) is 10.6. The van der Waals surface area contributed by atoms with Gasteiger partial charge >= 0.3 is 6.03 Å². The van der Waals surface area contributed by atoms with Gasteiger partial charge in [0.05, 0.1) is 15.9 Å². The molecule has 2 amide bonds. The summed E-state index contributed by atoms with van der Waals surface area (Å²) in [5, 5.41) is 5.98. The Balaban J connectivity index is 1.65. The molecule has 0 saturated carbocycles. The third-order valence-electron chi connectivity index (χ3n) is 4.85. The van der Waals surface area contributed by atoms with Crippen molar-refractivity contribution in [3.63, 3.8) is 0 Å². The van der Waals surface area contributed by atoms with E-state index in [2.05, 4.69) is 35.3 Å². The average molecular weight is 498 g/mol. The fourth-order valence-electron chi connectivity index (χ4n) is 3.32. The molecular weight excluding hydrogens is 474 g/mol. The van der Waals surface area contributed by atoms with Crippen LogP contribution in [0.2, 0.25) is 0 Å². The van der Waals surface area contributed by atoms with Gasteiger partial charge < -0.3 is 5.32 Å². The Morgan fingerprint density at radius 3 is 2.62 bits per heavy atom. The van der Waals surface area contributed by atoms with Gasteiger partial charge in [-0.05, 0) is 43.2 Å². The Morgan fingerprint density at radius 2 is 1.91 bits per heavy atom. The smallest absolute Gasteiger partial charge is 0.321 e. The predicted octanol–water partition coefficient (Wildman–Crippen LogP) is 3.01. The van der Waals surface area contributed by atoms with Crippen LogP contribution >= 0.6 is 11.3 Å². The van der Waals surface area contributed by atoms with E-state index in [0.29, 0.717) is 36.9 Å². The van der Waals surface area contributed by atoms with Gasteiger partial charge in [0.1, 0.15) is 5.82 Å². The number of fused-ring (bicyclic) bond motifs is 1. The molecule has 12 heteroatoms. The number of pyridine rings is 1. The minimum absolute atomic E-state index is 0.303. The molecule has 0 saturated heterocycles. The number of amides is 2. The highest BCUT2D eigenvalue weighted by atomic mass is 32.2. The molecular formula is C22H23N7O3S2. The van der Waals surface area contributed by atoms with Crippen LogP contribution in [-0.2, 0) is 17.3 Å². The van der Waals surface area contributed by atoms with Crippen molar-refractivity contribution in [1.82, 2.24) is 30.0 Å². The molecule has 3 aromatic heterocycles. The number of thiazole rings is 1. The highest BCUT2D eigenvalue weighted by Crippen LogP contribution is 2.37. The number of carbonyl (C=O) groups excluding carboxylic acids is 1. The van der Waals surface area contributed by atoms with Gasteiger partial charge in [0.25, 0.3) is 0 Å². The minimum Gasteiger partial charge on any atom is -0.338 e. The molecule has 0 aliphatic heterocycles. The van der Waals surface area contributed by atoms with E-state index in [-0.39, 0.29) is 6.03 Å². The largest absolute Gasteiger partial charge is 0.338 e. The fourth-order valence-corrected chi connectivity index (χ4v) is 4.62. The van der Waals surface area contributed by atoms with Crippen LogP contribution in [0, 0.1) is 0 Å². The van der Waals surface area contributed by atoms with Gasteiger partial charge in [-0.2, -0.15) is 0 Å². The second kappa shape index (κ2) is 11.1. The molecule has 176 valence electrons. The molecule has 0 atom stereocenters. The van der Waals surface area contributed by atoms with Crippen LogP contribution in [0.4, 0.5) is 9.93 Å². The maximum absolute atomic E-state index is 12.0. The first kappa shape index (κ1) is 23.7. The lowest BCUT2D eigenvalue weighted by Crippen LogP contribution is -2.28. The Labute approximate surface area is 202 Å². The molecule has 0 bridgehead atoms. The summed E-state index contributed by atoms with van der Waals surface area (Å²) in [6, 6.07) is 9.36. The van der Waals surface area contributed by atoms with Crippen molar-refractivity contribution in [2.75, 3.05) is 18.4 Å². The van der Waals surface area contributed by atoms with Gasteiger partial charge in [-0.1, -0.05) is 17.4 Å². The zero-order valence-electron chi connectivity index (χ0n) is 18.3. The van der Waals surface area contributed by atoms with Crippen LogP contribution in [0.15, 0.2) is 48.9 Å². The standard InChI is InChI=1S/C22H23N7O3S2/c1-2-23-21(30)29-22-28-18-11-14(10-16(20(18)33-22)17-6-3-4-8-24-17)15-12-25-19(26-13-15)7-5-9-27-34(31)32/h3-4,6,8,10-13,34H,2,5,7,9H2,1H3,(H,27,31,32)(H2,23,28,29,30). The van der Waals surface area contributed by atoms with Gasteiger partial charge in [0.2, 0.25) is 10.9 Å². The van der Waals surface area contributed by atoms with Gasteiger partial charge in [0, 0.05) is 49.2 Å². The Hall–Kier alpha value is -3.48. The molecule has 3 heterocycles. The molecule has 0 unspecified atom stereocenters. The first-order valence-corrected chi connectivity index (χ1v) is 12.6. The number of urea groups is 1. The van der Waals surface area contributed by atoms with Crippen LogP contribution in [0.25, 0.3) is 32.6 Å². The number of nitrogens with zero attached hydrogens (tertiary/aromatic N) is 4. The number of hydrogen-bond acceptors (Lipinski definition) is 8. The number of rotatable bonds is 9. The molecule has 34 heavy (non-hydrogen) atoms. The lowest BCUT2D eigenvalue weighted by atomic mass is 10.0. The number of benzene rings is 1. The molecule has 1 aromatic carbocycles. The minimum atomic E-state index is -2.59. The second-order valence-corrected chi connectivity index (χ2v) is 9.08. The zero-order valence-corrected chi connectivity index (χ0v) is 20.0. The number of aryl methyl sites for hydroxylation is 1. The maximum atomic E-state index is 12.0. The van der Waals surface area contributed by atoms with Gasteiger partial charge in [0.15, 0.2) is 5.13 Å². The van der Waals surface area contributed by atoms with E-state index in [9.17, 15) is 13.2 Å². The van der Waals surface area contributed by atoms with Crippen molar-refractivity contribution in [3.05, 3.63) is 54.7 Å². The van der Waals surface area contributed by atoms with E-state index in [4.69, 9.17) is 0 Å². The fraction of sp³-hybridized carbons (Fsp3) is 0.227. The zero-order chi connectivity index (χ0) is 23.9. The number of aromatic nitrogens is 4. The van der Waals surface area contributed by atoms with Crippen molar-refractivity contribution in [3.8, 4) is 22.4 Å². The van der Waals surface area contributed by atoms with Crippen molar-refractivity contribution in [1.29, 1.82) is 0 Å². The van der Waals surface area contributed by atoms with Crippen LogP contribution in [-0.4, -0.2) is 47.5 Å².